The van der Waals surface area contributed by atoms with E-state index in [1.807, 2.05) is 0 Å². The normalized spacial score (nSPS) is 29.1. The third-order valence-electron chi connectivity index (χ3n) is 5.02. The van der Waals surface area contributed by atoms with E-state index in [4.69, 9.17) is 0 Å². The minimum absolute atomic E-state index is 0.639. The Kier molecular flexibility index (Phi) is 4.60. The Morgan fingerprint density at radius 2 is 1.89 bits per heavy atom. The minimum Gasteiger partial charge on any atom is -0.299 e. The molecule has 0 radical (unpaired) electrons. The van der Waals surface area contributed by atoms with Crippen molar-refractivity contribution < 1.29 is 0 Å². The fraction of sp³-hybridized carbons (Fsp3) is 0.647. The Labute approximate surface area is 125 Å². The second kappa shape index (κ2) is 6.41. The zero-order valence-electron chi connectivity index (χ0n) is 11.6. The molecule has 2 fully saturated rings. The molecule has 1 aromatic carbocycles. The highest BCUT2D eigenvalue weighted by Crippen LogP contribution is 2.37. The number of alkyl halides is 1. The van der Waals surface area contributed by atoms with Crippen LogP contribution in [0.3, 0.4) is 0 Å². The lowest BCUT2D eigenvalue weighted by molar-refractivity contribution is 0.108. The van der Waals surface area contributed by atoms with Crippen LogP contribution in [0.25, 0.3) is 0 Å². The average Bonchev–Trinajstić information content (AvgIpc) is 2.95. The van der Waals surface area contributed by atoms with E-state index in [0.717, 1.165) is 17.3 Å². The maximum atomic E-state index is 3.73. The molecule has 2 aliphatic rings. The second-order valence-corrected chi connectivity index (χ2v) is 6.80. The summed E-state index contributed by atoms with van der Waals surface area (Å²) in [5.41, 5.74) is 1.49. The largest absolute Gasteiger partial charge is 0.299 e. The molecule has 0 spiro atoms. The first-order valence-corrected chi connectivity index (χ1v) is 8.85. The van der Waals surface area contributed by atoms with E-state index in [-0.39, 0.29) is 0 Å². The molecule has 1 saturated carbocycles. The molecule has 1 aliphatic heterocycles. The lowest BCUT2D eigenvalue weighted by Crippen LogP contribution is -2.44. The van der Waals surface area contributed by atoms with Crippen LogP contribution in [0.2, 0.25) is 0 Å². The van der Waals surface area contributed by atoms with Crippen molar-refractivity contribution >= 4 is 15.9 Å². The lowest BCUT2D eigenvalue weighted by Gasteiger charge is -2.39. The van der Waals surface area contributed by atoms with Crippen LogP contribution in [0.5, 0.6) is 0 Å². The molecular formula is C17H24BrN. The Hall–Kier alpha value is -0.340. The zero-order chi connectivity index (χ0) is 13.1. The number of piperidine rings is 1. The smallest absolute Gasteiger partial charge is 0.0124 e. The number of halogens is 1. The SMILES string of the molecule is BrCC(CN1CCCC2CCCC21)c1ccccc1. The Morgan fingerprint density at radius 1 is 1.11 bits per heavy atom. The molecule has 1 nitrogen and oxygen atoms in total. The Balaban J connectivity index is 1.68. The fourth-order valence-electron chi connectivity index (χ4n) is 4.04. The van der Waals surface area contributed by atoms with Gasteiger partial charge in [0, 0.05) is 23.8 Å². The molecule has 1 saturated heterocycles. The minimum atomic E-state index is 0.639. The van der Waals surface area contributed by atoms with Gasteiger partial charge in [-0.25, -0.2) is 0 Å². The number of rotatable bonds is 4. The van der Waals surface area contributed by atoms with Crippen molar-refractivity contribution in [2.24, 2.45) is 5.92 Å². The summed E-state index contributed by atoms with van der Waals surface area (Å²) in [6.45, 7) is 2.55. The monoisotopic (exact) mass is 321 g/mol. The lowest BCUT2D eigenvalue weighted by atomic mass is 9.90. The number of nitrogens with zero attached hydrogens (tertiary/aromatic N) is 1. The maximum Gasteiger partial charge on any atom is 0.0124 e. The molecule has 3 rings (SSSR count). The molecular weight excluding hydrogens is 298 g/mol. The molecule has 19 heavy (non-hydrogen) atoms. The molecule has 0 amide bonds. The van der Waals surface area contributed by atoms with Crippen LogP contribution in [0.1, 0.15) is 43.6 Å². The summed E-state index contributed by atoms with van der Waals surface area (Å²) in [6.07, 6.45) is 7.26. The maximum absolute atomic E-state index is 3.73. The topological polar surface area (TPSA) is 3.24 Å². The Morgan fingerprint density at radius 3 is 2.68 bits per heavy atom. The van der Waals surface area contributed by atoms with Crippen molar-refractivity contribution in [3.05, 3.63) is 35.9 Å². The third kappa shape index (κ3) is 3.05. The van der Waals surface area contributed by atoms with Crippen LogP contribution in [-0.4, -0.2) is 29.4 Å². The van der Waals surface area contributed by atoms with Crippen molar-refractivity contribution in [3.8, 4) is 0 Å². The summed E-state index contributed by atoms with van der Waals surface area (Å²) in [4.78, 5) is 2.79. The van der Waals surface area contributed by atoms with E-state index in [0.29, 0.717) is 5.92 Å². The summed E-state index contributed by atoms with van der Waals surface area (Å²) in [5.74, 6) is 1.64. The van der Waals surface area contributed by atoms with Crippen LogP contribution in [0.15, 0.2) is 30.3 Å². The predicted molar refractivity (Wildman–Crippen MR) is 84.9 cm³/mol. The van der Waals surface area contributed by atoms with Crippen LogP contribution < -0.4 is 0 Å². The van der Waals surface area contributed by atoms with Gasteiger partial charge in [0.2, 0.25) is 0 Å². The average molecular weight is 322 g/mol. The first-order chi connectivity index (χ1) is 9.38. The van der Waals surface area contributed by atoms with E-state index in [1.54, 1.807) is 0 Å². The van der Waals surface area contributed by atoms with Gasteiger partial charge in [0.25, 0.3) is 0 Å². The standard InChI is InChI=1S/C17H24BrN/c18-12-16(14-6-2-1-3-7-14)13-19-11-5-9-15-8-4-10-17(15)19/h1-3,6-7,15-17H,4-5,8-13H2. The van der Waals surface area contributed by atoms with E-state index >= 15 is 0 Å². The molecule has 3 unspecified atom stereocenters. The van der Waals surface area contributed by atoms with Crippen LogP contribution in [0.4, 0.5) is 0 Å². The number of likely N-dealkylation sites (tertiary alicyclic amines) is 1. The highest BCUT2D eigenvalue weighted by Gasteiger charge is 2.35. The van der Waals surface area contributed by atoms with Crippen molar-refractivity contribution in [2.75, 3.05) is 18.4 Å². The van der Waals surface area contributed by atoms with E-state index in [1.165, 1.54) is 50.8 Å². The summed E-state index contributed by atoms with van der Waals surface area (Å²) >= 11 is 3.73. The highest BCUT2D eigenvalue weighted by molar-refractivity contribution is 9.09. The Bertz CT molecular complexity index is 392. The van der Waals surface area contributed by atoms with Gasteiger partial charge in [0.15, 0.2) is 0 Å². The summed E-state index contributed by atoms with van der Waals surface area (Å²) < 4.78 is 0. The molecule has 104 valence electrons. The first-order valence-electron chi connectivity index (χ1n) is 7.73. The van der Waals surface area contributed by atoms with Gasteiger partial charge in [-0.2, -0.15) is 0 Å². The third-order valence-corrected chi connectivity index (χ3v) is 5.80. The van der Waals surface area contributed by atoms with Gasteiger partial charge in [0.1, 0.15) is 0 Å². The molecule has 1 heterocycles. The fourth-order valence-corrected chi connectivity index (χ4v) is 4.61. The van der Waals surface area contributed by atoms with Crippen molar-refractivity contribution in [2.45, 2.75) is 44.1 Å². The van der Waals surface area contributed by atoms with Gasteiger partial charge in [-0.1, -0.05) is 52.7 Å². The van der Waals surface area contributed by atoms with Crippen LogP contribution in [-0.2, 0) is 0 Å². The van der Waals surface area contributed by atoms with Gasteiger partial charge in [-0.05, 0) is 43.7 Å². The predicted octanol–water partition coefficient (Wildman–Crippen LogP) is 4.43. The van der Waals surface area contributed by atoms with Crippen molar-refractivity contribution in [1.29, 1.82) is 0 Å². The van der Waals surface area contributed by atoms with Gasteiger partial charge in [0.05, 0.1) is 0 Å². The molecule has 3 atom stereocenters. The van der Waals surface area contributed by atoms with E-state index in [9.17, 15) is 0 Å². The number of hydrogen-bond donors (Lipinski definition) is 0. The quantitative estimate of drug-likeness (QED) is 0.741. The zero-order valence-corrected chi connectivity index (χ0v) is 13.2. The first kappa shape index (κ1) is 13.6. The van der Waals surface area contributed by atoms with Gasteiger partial charge in [-0.15, -0.1) is 0 Å². The summed E-state index contributed by atoms with van der Waals surface area (Å²) in [5, 5.41) is 1.07. The molecule has 2 heteroatoms. The second-order valence-electron chi connectivity index (χ2n) is 6.16. The van der Waals surface area contributed by atoms with Gasteiger partial charge >= 0.3 is 0 Å². The highest BCUT2D eigenvalue weighted by atomic mass is 79.9. The molecule has 1 aliphatic carbocycles. The number of fused-ring (bicyclic) bond motifs is 1. The number of hydrogen-bond acceptors (Lipinski definition) is 1. The van der Waals surface area contributed by atoms with Crippen LogP contribution in [0, 0.1) is 5.92 Å². The van der Waals surface area contributed by atoms with E-state index < -0.39 is 0 Å². The number of benzene rings is 1. The summed E-state index contributed by atoms with van der Waals surface area (Å²) in [6, 6.07) is 11.9. The van der Waals surface area contributed by atoms with E-state index in [2.05, 4.69) is 51.2 Å². The summed E-state index contributed by atoms with van der Waals surface area (Å²) in [7, 11) is 0. The molecule has 1 aromatic rings. The van der Waals surface area contributed by atoms with Crippen molar-refractivity contribution in [1.82, 2.24) is 4.90 Å². The van der Waals surface area contributed by atoms with Gasteiger partial charge in [-0.3, -0.25) is 4.90 Å². The molecule has 0 N–H and O–H groups in total. The van der Waals surface area contributed by atoms with Crippen LogP contribution >= 0.6 is 15.9 Å². The molecule has 0 aromatic heterocycles. The van der Waals surface area contributed by atoms with Crippen molar-refractivity contribution in [3.63, 3.8) is 0 Å². The van der Waals surface area contributed by atoms with Gasteiger partial charge < -0.3 is 0 Å². The molecule has 0 bridgehead atoms.